The lowest BCUT2D eigenvalue weighted by molar-refractivity contribution is 0.277. The van der Waals surface area contributed by atoms with E-state index in [9.17, 15) is 0 Å². The summed E-state index contributed by atoms with van der Waals surface area (Å²) in [6, 6.07) is 3.88. The molecule has 0 saturated heterocycles. The van der Waals surface area contributed by atoms with Crippen LogP contribution in [0.25, 0.3) is 10.7 Å². The fourth-order valence-corrected chi connectivity index (χ4v) is 1.88. The lowest BCUT2D eigenvalue weighted by atomic mass is 10.4. The average molecular weight is 215 g/mol. The predicted molar refractivity (Wildman–Crippen MR) is 52.8 cm³/mol. The Balaban J connectivity index is 2.43. The van der Waals surface area contributed by atoms with Gasteiger partial charge in [-0.3, -0.25) is 0 Å². The molecule has 0 unspecified atom stereocenters. The van der Waals surface area contributed by atoms with Crippen LogP contribution in [0.4, 0.5) is 0 Å². The first kappa shape index (κ1) is 8.74. The van der Waals surface area contributed by atoms with E-state index >= 15 is 0 Å². The van der Waals surface area contributed by atoms with Crippen molar-refractivity contribution in [3.63, 3.8) is 0 Å². The molecule has 68 valence electrons. The van der Waals surface area contributed by atoms with E-state index in [2.05, 4.69) is 9.97 Å². The number of rotatable bonds is 2. The highest BCUT2D eigenvalue weighted by atomic mass is 35.5. The van der Waals surface area contributed by atoms with Crippen LogP contribution in [0.1, 0.15) is 5.69 Å². The minimum atomic E-state index is -0.114. The zero-order chi connectivity index (χ0) is 9.26. The van der Waals surface area contributed by atoms with Gasteiger partial charge in [-0.2, -0.15) is 0 Å². The minimum Gasteiger partial charge on any atom is -0.390 e. The summed E-state index contributed by atoms with van der Waals surface area (Å²) < 4.78 is 0. The van der Waals surface area contributed by atoms with Gasteiger partial charge >= 0.3 is 0 Å². The Morgan fingerprint density at radius 1 is 1.62 bits per heavy atom. The number of nitrogens with one attached hydrogen (secondary N) is 1. The molecule has 0 spiro atoms. The fourth-order valence-electron chi connectivity index (χ4n) is 1.02. The third kappa shape index (κ3) is 1.60. The Labute approximate surface area is 84.0 Å². The van der Waals surface area contributed by atoms with Crippen molar-refractivity contribution in [2.24, 2.45) is 0 Å². The monoisotopic (exact) mass is 214 g/mol. The highest BCUT2D eigenvalue weighted by molar-refractivity contribution is 7.13. The SMILES string of the molecule is OCc1[nH]c(-c2cccs2)nc1Cl. The summed E-state index contributed by atoms with van der Waals surface area (Å²) in [4.78, 5) is 8.05. The summed E-state index contributed by atoms with van der Waals surface area (Å²) in [6.45, 7) is -0.114. The number of hydrogen-bond donors (Lipinski definition) is 2. The molecule has 2 aromatic heterocycles. The van der Waals surface area contributed by atoms with Crippen LogP contribution in [0.15, 0.2) is 17.5 Å². The smallest absolute Gasteiger partial charge is 0.153 e. The third-order valence-electron chi connectivity index (χ3n) is 1.64. The summed E-state index contributed by atoms with van der Waals surface area (Å²) in [5.41, 5.74) is 0.560. The Bertz CT molecular complexity index is 396. The van der Waals surface area contributed by atoms with Crippen LogP contribution in [0.3, 0.4) is 0 Å². The van der Waals surface area contributed by atoms with E-state index in [0.29, 0.717) is 16.7 Å². The first-order valence-electron chi connectivity index (χ1n) is 3.70. The predicted octanol–water partition coefficient (Wildman–Crippen LogP) is 2.28. The van der Waals surface area contributed by atoms with Gasteiger partial charge in [0.2, 0.25) is 0 Å². The number of imidazole rings is 1. The first-order chi connectivity index (χ1) is 6.31. The molecule has 0 fully saturated rings. The second kappa shape index (κ2) is 3.49. The molecule has 0 saturated carbocycles. The number of aliphatic hydroxyl groups is 1. The Kier molecular flexibility index (Phi) is 2.35. The Morgan fingerprint density at radius 2 is 2.46 bits per heavy atom. The van der Waals surface area contributed by atoms with E-state index in [1.54, 1.807) is 11.3 Å². The van der Waals surface area contributed by atoms with Crippen molar-refractivity contribution in [1.82, 2.24) is 9.97 Å². The molecule has 2 N–H and O–H groups in total. The van der Waals surface area contributed by atoms with Crippen molar-refractivity contribution in [3.8, 4) is 10.7 Å². The van der Waals surface area contributed by atoms with Crippen LogP contribution < -0.4 is 0 Å². The highest BCUT2D eigenvalue weighted by Gasteiger charge is 2.08. The average Bonchev–Trinajstić information content (AvgIpc) is 2.71. The molecular formula is C8H7ClN2OS. The van der Waals surface area contributed by atoms with Crippen molar-refractivity contribution in [1.29, 1.82) is 0 Å². The van der Waals surface area contributed by atoms with Crippen molar-refractivity contribution in [2.45, 2.75) is 6.61 Å². The summed E-state index contributed by atoms with van der Waals surface area (Å²) in [6.07, 6.45) is 0. The molecule has 2 heterocycles. The van der Waals surface area contributed by atoms with E-state index in [-0.39, 0.29) is 6.61 Å². The molecule has 2 aromatic rings. The summed E-state index contributed by atoms with van der Waals surface area (Å²) in [7, 11) is 0. The summed E-state index contributed by atoms with van der Waals surface area (Å²) in [5, 5.41) is 11.2. The van der Waals surface area contributed by atoms with Crippen molar-refractivity contribution in [3.05, 3.63) is 28.4 Å². The summed E-state index contributed by atoms with van der Waals surface area (Å²) >= 11 is 7.34. The van der Waals surface area contributed by atoms with Crippen LogP contribution in [0, 0.1) is 0 Å². The normalized spacial score (nSPS) is 10.6. The maximum atomic E-state index is 8.88. The number of aromatic nitrogens is 2. The van der Waals surface area contributed by atoms with Gasteiger partial charge in [0.25, 0.3) is 0 Å². The van der Waals surface area contributed by atoms with E-state index < -0.39 is 0 Å². The van der Waals surface area contributed by atoms with Gasteiger partial charge in [-0.25, -0.2) is 4.98 Å². The molecule has 2 rings (SSSR count). The number of halogens is 1. The topological polar surface area (TPSA) is 48.9 Å². The van der Waals surface area contributed by atoms with Gasteiger partial charge in [-0.1, -0.05) is 17.7 Å². The third-order valence-corrected chi connectivity index (χ3v) is 2.83. The van der Waals surface area contributed by atoms with Crippen LogP contribution in [0.5, 0.6) is 0 Å². The largest absolute Gasteiger partial charge is 0.390 e. The van der Waals surface area contributed by atoms with Gasteiger partial charge in [0.05, 0.1) is 17.2 Å². The van der Waals surface area contributed by atoms with Crippen LogP contribution in [-0.4, -0.2) is 15.1 Å². The molecule has 5 heteroatoms. The van der Waals surface area contributed by atoms with Gasteiger partial charge < -0.3 is 10.1 Å². The molecule has 0 aliphatic heterocycles. The number of aromatic amines is 1. The standard InChI is InChI=1S/C8H7ClN2OS/c9-7-5(4-12)10-8(11-7)6-2-1-3-13-6/h1-3,12H,4H2,(H,10,11). The fraction of sp³-hybridized carbons (Fsp3) is 0.125. The lowest BCUT2D eigenvalue weighted by Gasteiger charge is -1.88. The molecule has 0 aliphatic rings. The quantitative estimate of drug-likeness (QED) is 0.806. The first-order valence-corrected chi connectivity index (χ1v) is 4.96. The number of nitrogens with zero attached hydrogens (tertiary/aromatic N) is 1. The second-order valence-electron chi connectivity index (χ2n) is 2.49. The van der Waals surface area contributed by atoms with Crippen molar-refractivity contribution < 1.29 is 5.11 Å². The van der Waals surface area contributed by atoms with Gasteiger partial charge in [-0.15, -0.1) is 11.3 Å². The molecule has 0 radical (unpaired) electrons. The molecule has 0 bridgehead atoms. The van der Waals surface area contributed by atoms with Gasteiger partial charge in [0.15, 0.2) is 5.15 Å². The molecule has 0 aromatic carbocycles. The van der Waals surface area contributed by atoms with E-state index in [1.807, 2.05) is 17.5 Å². The molecule has 13 heavy (non-hydrogen) atoms. The van der Waals surface area contributed by atoms with Crippen LogP contribution in [-0.2, 0) is 6.61 Å². The number of thiophene rings is 1. The minimum absolute atomic E-state index is 0.114. The van der Waals surface area contributed by atoms with Crippen LogP contribution in [0.2, 0.25) is 5.15 Å². The van der Waals surface area contributed by atoms with Gasteiger partial charge in [-0.05, 0) is 11.4 Å². The van der Waals surface area contributed by atoms with Crippen molar-refractivity contribution >= 4 is 22.9 Å². The van der Waals surface area contributed by atoms with E-state index in [1.165, 1.54) is 0 Å². The Morgan fingerprint density at radius 3 is 3.00 bits per heavy atom. The van der Waals surface area contributed by atoms with Gasteiger partial charge in [0.1, 0.15) is 5.82 Å². The number of H-pyrrole nitrogens is 1. The van der Waals surface area contributed by atoms with E-state index in [4.69, 9.17) is 16.7 Å². The maximum Gasteiger partial charge on any atom is 0.153 e. The molecule has 0 aliphatic carbocycles. The van der Waals surface area contributed by atoms with Crippen LogP contribution >= 0.6 is 22.9 Å². The second-order valence-corrected chi connectivity index (χ2v) is 3.80. The molecule has 3 nitrogen and oxygen atoms in total. The van der Waals surface area contributed by atoms with Gasteiger partial charge in [0, 0.05) is 0 Å². The molecular weight excluding hydrogens is 208 g/mol. The van der Waals surface area contributed by atoms with E-state index in [0.717, 1.165) is 4.88 Å². The Hall–Kier alpha value is -0.840. The van der Waals surface area contributed by atoms with Crippen molar-refractivity contribution in [2.75, 3.05) is 0 Å². The zero-order valence-electron chi connectivity index (χ0n) is 6.62. The highest BCUT2D eigenvalue weighted by Crippen LogP contribution is 2.24. The zero-order valence-corrected chi connectivity index (χ0v) is 8.19. The number of aliphatic hydroxyl groups excluding tert-OH is 1. The molecule has 0 amide bonds. The molecule has 0 atom stereocenters. The lowest BCUT2D eigenvalue weighted by Crippen LogP contribution is -1.82. The number of hydrogen-bond acceptors (Lipinski definition) is 3. The maximum absolute atomic E-state index is 8.88. The summed E-state index contributed by atoms with van der Waals surface area (Å²) in [5.74, 6) is 0.712.